The molecule has 3 aromatic rings. The Morgan fingerprint density at radius 2 is 1.82 bits per heavy atom. The number of aryl methyl sites for hydroxylation is 1. The van der Waals surface area contributed by atoms with Crippen molar-refractivity contribution in [2.45, 2.75) is 65.0 Å². The number of rotatable bonds is 2. The molecule has 200 valence electrons. The number of methoxy groups -OCH3 is 1. The number of fused-ring (bicyclic) bond motifs is 5. The van der Waals surface area contributed by atoms with Gasteiger partial charge in [-0.05, 0) is 75.1 Å². The topological polar surface area (TPSA) is 96.5 Å². The summed E-state index contributed by atoms with van der Waals surface area (Å²) in [6, 6.07) is 9.97. The van der Waals surface area contributed by atoms with E-state index in [0.29, 0.717) is 19.5 Å². The van der Waals surface area contributed by atoms with E-state index in [1.54, 1.807) is 12.0 Å². The standard InChI is InChI=1S/C28H30N4O4.C2H6/c1-27(2,3)36-26(34)32-14-28(15-32)12-22-23(25(33)31-28)19-10-7-17-13-29-21(11-20(17)24(19)30-22)16-5-8-18(35-4)9-6-16;1-2/h5-6,8-9,11,13,30H,7,10,12,14-15H2,1-4H3,(H,31,33);1-2H3. The number of aromatic amines is 1. The number of benzene rings is 1. The fourth-order valence-corrected chi connectivity index (χ4v) is 5.59. The number of ether oxygens (including phenoxy) is 2. The number of aromatic nitrogens is 2. The van der Waals surface area contributed by atoms with Crippen molar-refractivity contribution < 1.29 is 19.1 Å². The van der Waals surface area contributed by atoms with Crippen LogP contribution in [0.15, 0.2) is 36.5 Å². The molecule has 8 nitrogen and oxygen atoms in total. The second-order valence-electron chi connectivity index (χ2n) is 11.0. The number of hydrogen-bond acceptors (Lipinski definition) is 5. The van der Waals surface area contributed by atoms with Crippen LogP contribution in [0.1, 0.15) is 61.8 Å². The van der Waals surface area contributed by atoms with Gasteiger partial charge in [0.2, 0.25) is 0 Å². The molecule has 1 aromatic carbocycles. The SMILES string of the molecule is CC.COc1ccc(-c2cc3c(cn2)CCc2c-3[nH]c3c2C(=O)NC2(C3)CN(C(=O)OC(C)(C)C)C2)cc1. The summed E-state index contributed by atoms with van der Waals surface area (Å²) in [5, 5.41) is 3.21. The van der Waals surface area contributed by atoms with E-state index in [1.165, 1.54) is 5.56 Å². The second kappa shape index (κ2) is 9.49. The van der Waals surface area contributed by atoms with Crippen LogP contribution in [0.25, 0.3) is 22.5 Å². The van der Waals surface area contributed by atoms with Crippen LogP contribution in [0, 0.1) is 0 Å². The van der Waals surface area contributed by atoms with Crippen LogP contribution in [0.2, 0.25) is 0 Å². The summed E-state index contributed by atoms with van der Waals surface area (Å²) in [5.74, 6) is 0.739. The lowest BCUT2D eigenvalue weighted by Gasteiger charge is -2.51. The molecule has 0 bridgehead atoms. The van der Waals surface area contributed by atoms with E-state index in [0.717, 1.165) is 57.9 Å². The van der Waals surface area contributed by atoms with Gasteiger partial charge < -0.3 is 24.7 Å². The van der Waals surface area contributed by atoms with Crippen molar-refractivity contribution in [2.24, 2.45) is 0 Å². The fraction of sp³-hybridized carbons (Fsp3) is 0.433. The molecule has 2 N–H and O–H groups in total. The number of pyridine rings is 1. The average molecular weight is 517 g/mol. The minimum Gasteiger partial charge on any atom is -0.497 e. The lowest BCUT2D eigenvalue weighted by molar-refractivity contribution is -0.0169. The zero-order valence-corrected chi connectivity index (χ0v) is 23.0. The van der Waals surface area contributed by atoms with Crippen molar-refractivity contribution in [3.63, 3.8) is 0 Å². The number of hydrogen-bond donors (Lipinski definition) is 2. The number of nitrogens with one attached hydrogen (secondary N) is 2. The molecule has 1 aliphatic carbocycles. The number of nitrogens with zero attached hydrogens (tertiary/aromatic N) is 2. The first-order chi connectivity index (χ1) is 18.1. The van der Waals surface area contributed by atoms with E-state index in [2.05, 4.69) is 16.4 Å². The van der Waals surface area contributed by atoms with Gasteiger partial charge in [0, 0.05) is 42.5 Å². The Bertz CT molecular complexity index is 1380. The normalized spacial score (nSPS) is 16.7. The zero-order valence-electron chi connectivity index (χ0n) is 23.0. The predicted molar refractivity (Wildman–Crippen MR) is 146 cm³/mol. The van der Waals surface area contributed by atoms with Gasteiger partial charge in [0.15, 0.2) is 0 Å². The fourth-order valence-electron chi connectivity index (χ4n) is 5.59. The van der Waals surface area contributed by atoms with Crippen LogP contribution >= 0.6 is 0 Å². The average Bonchev–Trinajstić information content (AvgIpc) is 3.26. The molecule has 6 rings (SSSR count). The summed E-state index contributed by atoms with van der Waals surface area (Å²) in [6.45, 7) is 10.4. The lowest BCUT2D eigenvalue weighted by atomic mass is 9.80. The molecule has 0 saturated carbocycles. The molecular formula is C30H36N4O4. The number of amides is 2. The third-order valence-electron chi connectivity index (χ3n) is 7.23. The number of likely N-dealkylation sites (tertiary alicyclic amines) is 1. The first kappa shape index (κ1) is 25.8. The minimum atomic E-state index is -0.547. The molecule has 38 heavy (non-hydrogen) atoms. The molecule has 2 aromatic heterocycles. The van der Waals surface area contributed by atoms with E-state index < -0.39 is 11.1 Å². The summed E-state index contributed by atoms with van der Waals surface area (Å²) in [5.41, 5.74) is 6.95. The summed E-state index contributed by atoms with van der Waals surface area (Å²) >= 11 is 0. The first-order valence-electron chi connectivity index (χ1n) is 13.3. The van der Waals surface area contributed by atoms with E-state index in [4.69, 9.17) is 14.5 Å². The number of carbonyl (C=O) groups is 2. The minimum absolute atomic E-state index is 0.0644. The maximum Gasteiger partial charge on any atom is 0.410 e. The van der Waals surface area contributed by atoms with Gasteiger partial charge in [-0.25, -0.2) is 4.79 Å². The molecule has 4 heterocycles. The largest absolute Gasteiger partial charge is 0.497 e. The van der Waals surface area contributed by atoms with E-state index in [9.17, 15) is 9.59 Å². The van der Waals surface area contributed by atoms with Gasteiger partial charge in [-0.3, -0.25) is 9.78 Å². The molecule has 0 unspecified atom stereocenters. The molecule has 2 aliphatic heterocycles. The van der Waals surface area contributed by atoms with E-state index in [-0.39, 0.29) is 12.0 Å². The van der Waals surface area contributed by atoms with Crippen molar-refractivity contribution in [1.29, 1.82) is 0 Å². The summed E-state index contributed by atoms with van der Waals surface area (Å²) in [7, 11) is 1.65. The molecule has 0 atom stereocenters. The van der Waals surface area contributed by atoms with Crippen LogP contribution in [-0.4, -0.2) is 58.2 Å². The lowest BCUT2D eigenvalue weighted by Crippen LogP contribution is -2.74. The quantitative estimate of drug-likeness (QED) is 0.491. The predicted octanol–water partition coefficient (Wildman–Crippen LogP) is 5.15. The Morgan fingerprint density at radius 3 is 2.47 bits per heavy atom. The molecule has 8 heteroatoms. The highest BCUT2D eigenvalue weighted by Crippen LogP contribution is 2.41. The van der Waals surface area contributed by atoms with Crippen molar-refractivity contribution in [1.82, 2.24) is 20.2 Å². The zero-order chi connectivity index (χ0) is 27.2. The van der Waals surface area contributed by atoms with Crippen molar-refractivity contribution in [3.8, 4) is 28.3 Å². The van der Waals surface area contributed by atoms with Gasteiger partial charge in [0.25, 0.3) is 5.91 Å². The smallest absolute Gasteiger partial charge is 0.410 e. The highest BCUT2D eigenvalue weighted by Gasteiger charge is 2.51. The highest BCUT2D eigenvalue weighted by molar-refractivity contribution is 6.01. The second-order valence-corrected chi connectivity index (χ2v) is 11.0. The van der Waals surface area contributed by atoms with Gasteiger partial charge in [-0.2, -0.15) is 0 Å². The molecule has 2 amide bonds. The number of carbonyl (C=O) groups excluding carboxylic acids is 2. The van der Waals surface area contributed by atoms with Crippen LogP contribution in [0.4, 0.5) is 4.79 Å². The molecule has 0 radical (unpaired) electrons. The van der Waals surface area contributed by atoms with Gasteiger partial charge in [-0.1, -0.05) is 13.8 Å². The Hall–Kier alpha value is -3.81. The van der Waals surface area contributed by atoms with Crippen molar-refractivity contribution in [2.75, 3.05) is 20.2 Å². The third kappa shape index (κ3) is 4.52. The van der Waals surface area contributed by atoms with Gasteiger partial charge in [0.05, 0.1) is 29.6 Å². The first-order valence-corrected chi connectivity index (χ1v) is 13.3. The Morgan fingerprint density at radius 1 is 1.11 bits per heavy atom. The molecule has 1 spiro atoms. The maximum atomic E-state index is 13.3. The van der Waals surface area contributed by atoms with Gasteiger partial charge in [-0.15, -0.1) is 0 Å². The molecule has 1 saturated heterocycles. The van der Waals surface area contributed by atoms with Crippen LogP contribution < -0.4 is 10.1 Å². The summed E-state index contributed by atoms with van der Waals surface area (Å²) in [6.07, 6.45) is 3.90. The molecular weight excluding hydrogens is 480 g/mol. The third-order valence-corrected chi connectivity index (χ3v) is 7.23. The van der Waals surface area contributed by atoms with Crippen molar-refractivity contribution >= 4 is 12.0 Å². The Balaban J connectivity index is 0.00000144. The van der Waals surface area contributed by atoms with Crippen LogP contribution in [0.5, 0.6) is 5.75 Å². The van der Waals surface area contributed by atoms with Gasteiger partial charge >= 0.3 is 6.09 Å². The van der Waals surface area contributed by atoms with Crippen molar-refractivity contribution in [3.05, 3.63) is 58.9 Å². The van der Waals surface area contributed by atoms with E-state index >= 15 is 0 Å². The van der Waals surface area contributed by atoms with Crippen LogP contribution in [-0.2, 0) is 24.0 Å². The molecule has 3 aliphatic rings. The maximum absolute atomic E-state index is 13.3. The Kier molecular flexibility index (Phi) is 6.45. The number of H-pyrrole nitrogens is 1. The highest BCUT2D eigenvalue weighted by atomic mass is 16.6. The molecule has 1 fully saturated rings. The van der Waals surface area contributed by atoms with Crippen LogP contribution in [0.3, 0.4) is 0 Å². The Labute approximate surface area is 223 Å². The summed E-state index contributed by atoms with van der Waals surface area (Å²) in [4.78, 5) is 35.7. The van der Waals surface area contributed by atoms with E-state index in [1.807, 2.05) is 65.1 Å². The summed E-state index contributed by atoms with van der Waals surface area (Å²) < 4.78 is 10.8. The monoisotopic (exact) mass is 516 g/mol. The van der Waals surface area contributed by atoms with Gasteiger partial charge in [0.1, 0.15) is 11.4 Å².